The van der Waals surface area contributed by atoms with Crippen molar-refractivity contribution in [1.29, 1.82) is 5.26 Å². The highest BCUT2D eigenvalue weighted by molar-refractivity contribution is 5.81. The molecule has 1 aliphatic rings. The predicted molar refractivity (Wildman–Crippen MR) is 103 cm³/mol. The van der Waals surface area contributed by atoms with E-state index in [9.17, 15) is 4.79 Å². The zero-order chi connectivity index (χ0) is 19.2. The number of hydrogen-bond acceptors (Lipinski definition) is 5. The minimum atomic E-state index is -0.632. The fraction of sp³-hybridized carbons (Fsp3) is 0.333. The SMILES string of the molecule is COc1ccc(N2CCN(C(=O)C(C)Oc3ccccc3C#N)CC2)cc1. The number of benzene rings is 2. The molecule has 0 radical (unpaired) electrons. The lowest BCUT2D eigenvalue weighted by Crippen LogP contribution is -2.52. The van der Waals surface area contributed by atoms with Crippen molar-refractivity contribution in [2.45, 2.75) is 13.0 Å². The molecule has 1 saturated heterocycles. The van der Waals surface area contributed by atoms with Gasteiger partial charge >= 0.3 is 0 Å². The molecule has 0 spiro atoms. The van der Waals surface area contributed by atoms with E-state index in [-0.39, 0.29) is 5.91 Å². The van der Waals surface area contributed by atoms with Gasteiger partial charge in [-0.25, -0.2) is 0 Å². The van der Waals surface area contributed by atoms with Gasteiger partial charge in [0.1, 0.15) is 17.6 Å². The van der Waals surface area contributed by atoms with E-state index in [1.54, 1.807) is 38.3 Å². The first-order chi connectivity index (χ1) is 13.1. The molecule has 1 aliphatic heterocycles. The molecule has 6 heteroatoms. The van der Waals surface area contributed by atoms with Crippen molar-refractivity contribution < 1.29 is 14.3 Å². The molecule has 0 aromatic heterocycles. The molecule has 140 valence electrons. The summed E-state index contributed by atoms with van der Waals surface area (Å²) in [5.74, 6) is 1.21. The largest absolute Gasteiger partial charge is 0.497 e. The molecule has 2 aromatic rings. The van der Waals surface area contributed by atoms with Crippen LogP contribution in [-0.4, -0.2) is 50.2 Å². The van der Waals surface area contributed by atoms with E-state index in [0.717, 1.165) is 24.5 Å². The van der Waals surface area contributed by atoms with Crippen molar-refractivity contribution in [3.8, 4) is 17.6 Å². The molecule has 6 nitrogen and oxygen atoms in total. The van der Waals surface area contributed by atoms with Crippen LogP contribution in [0.15, 0.2) is 48.5 Å². The van der Waals surface area contributed by atoms with Crippen LogP contribution < -0.4 is 14.4 Å². The smallest absolute Gasteiger partial charge is 0.263 e. The maximum Gasteiger partial charge on any atom is 0.263 e. The second kappa shape index (κ2) is 8.45. The molecule has 3 rings (SSSR count). The Morgan fingerprint density at radius 2 is 1.74 bits per heavy atom. The number of ether oxygens (including phenoxy) is 2. The second-order valence-corrected chi connectivity index (χ2v) is 6.38. The maximum atomic E-state index is 12.7. The first-order valence-electron chi connectivity index (χ1n) is 8.96. The van der Waals surface area contributed by atoms with Gasteiger partial charge in [-0.1, -0.05) is 12.1 Å². The number of nitrogens with zero attached hydrogens (tertiary/aromatic N) is 3. The monoisotopic (exact) mass is 365 g/mol. The van der Waals surface area contributed by atoms with E-state index in [1.807, 2.05) is 29.2 Å². The van der Waals surface area contributed by atoms with Crippen LogP contribution in [0.4, 0.5) is 5.69 Å². The van der Waals surface area contributed by atoms with Gasteiger partial charge in [0.05, 0.1) is 12.7 Å². The third-order valence-electron chi connectivity index (χ3n) is 4.69. The number of carbonyl (C=O) groups is 1. The van der Waals surface area contributed by atoms with Crippen LogP contribution in [0.2, 0.25) is 0 Å². The van der Waals surface area contributed by atoms with Gasteiger partial charge in [0.15, 0.2) is 6.10 Å². The third-order valence-corrected chi connectivity index (χ3v) is 4.69. The van der Waals surface area contributed by atoms with Gasteiger partial charge < -0.3 is 19.3 Å². The average molecular weight is 365 g/mol. The topological polar surface area (TPSA) is 65.8 Å². The second-order valence-electron chi connectivity index (χ2n) is 6.38. The highest BCUT2D eigenvalue weighted by atomic mass is 16.5. The number of amides is 1. The van der Waals surface area contributed by atoms with Gasteiger partial charge in [-0.05, 0) is 43.3 Å². The fourth-order valence-corrected chi connectivity index (χ4v) is 3.14. The van der Waals surface area contributed by atoms with E-state index in [4.69, 9.17) is 14.7 Å². The molecule has 1 atom stereocenters. The van der Waals surface area contributed by atoms with Crippen molar-refractivity contribution in [3.05, 3.63) is 54.1 Å². The Bertz CT molecular complexity index is 821. The molecule has 2 aromatic carbocycles. The summed E-state index contributed by atoms with van der Waals surface area (Å²) >= 11 is 0. The molecule has 0 aliphatic carbocycles. The predicted octanol–water partition coefficient (Wildman–Crippen LogP) is 2.68. The molecule has 0 saturated carbocycles. The summed E-state index contributed by atoms with van der Waals surface area (Å²) in [7, 11) is 1.65. The molecule has 27 heavy (non-hydrogen) atoms. The summed E-state index contributed by atoms with van der Waals surface area (Å²) in [5, 5.41) is 9.15. The van der Waals surface area contributed by atoms with Crippen LogP contribution in [0.25, 0.3) is 0 Å². The van der Waals surface area contributed by atoms with Gasteiger partial charge in [0, 0.05) is 31.9 Å². The molecular weight excluding hydrogens is 342 g/mol. The molecular formula is C21H23N3O3. The average Bonchev–Trinajstić information content (AvgIpc) is 2.73. The summed E-state index contributed by atoms with van der Waals surface area (Å²) in [6, 6.07) is 17.0. The molecule has 0 N–H and O–H groups in total. The lowest BCUT2D eigenvalue weighted by Gasteiger charge is -2.37. The normalized spacial score (nSPS) is 15.0. The quantitative estimate of drug-likeness (QED) is 0.815. The van der Waals surface area contributed by atoms with E-state index in [0.29, 0.717) is 24.4 Å². The van der Waals surface area contributed by atoms with Gasteiger partial charge in [-0.3, -0.25) is 4.79 Å². The minimum Gasteiger partial charge on any atom is -0.497 e. The number of methoxy groups -OCH3 is 1. The lowest BCUT2D eigenvalue weighted by molar-refractivity contribution is -0.138. The lowest BCUT2D eigenvalue weighted by atomic mass is 10.2. The number of rotatable bonds is 5. The number of piperazine rings is 1. The molecule has 1 unspecified atom stereocenters. The van der Waals surface area contributed by atoms with Crippen molar-refractivity contribution >= 4 is 11.6 Å². The van der Waals surface area contributed by atoms with Crippen LogP contribution in [0.5, 0.6) is 11.5 Å². The van der Waals surface area contributed by atoms with E-state index < -0.39 is 6.10 Å². The van der Waals surface area contributed by atoms with Crippen molar-refractivity contribution in [1.82, 2.24) is 4.90 Å². The number of nitriles is 1. The Kier molecular flexibility index (Phi) is 5.82. The minimum absolute atomic E-state index is 0.0582. The van der Waals surface area contributed by atoms with Crippen molar-refractivity contribution in [3.63, 3.8) is 0 Å². The Morgan fingerprint density at radius 1 is 1.07 bits per heavy atom. The first-order valence-corrected chi connectivity index (χ1v) is 8.96. The zero-order valence-corrected chi connectivity index (χ0v) is 15.6. The summed E-state index contributed by atoms with van der Waals surface area (Å²) < 4.78 is 10.9. The van der Waals surface area contributed by atoms with Gasteiger partial charge in [-0.15, -0.1) is 0 Å². The van der Waals surface area contributed by atoms with E-state index in [1.165, 1.54) is 0 Å². The summed E-state index contributed by atoms with van der Waals surface area (Å²) in [4.78, 5) is 16.8. The number of carbonyl (C=O) groups excluding carboxylic acids is 1. The standard InChI is InChI=1S/C21H23N3O3/c1-16(27-20-6-4-3-5-17(20)15-22)21(25)24-13-11-23(12-14-24)18-7-9-19(26-2)10-8-18/h3-10,16H,11-14H2,1-2H3. The zero-order valence-electron chi connectivity index (χ0n) is 15.6. The van der Waals surface area contributed by atoms with E-state index in [2.05, 4.69) is 11.0 Å². The molecule has 1 heterocycles. The highest BCUT2D eigenvalue weighted by Crippen LogP contribution is 2.22. The van der Waals surface area contributed by atoms with Crippen LogP contribution in [0, 0.1) is 11.3 Å². The van der Waals surface area contributed by atoms with Crippen LogP contribution in [-0.2, 0) is 4.79 Å². The van der Waals surface area contributed by atoms with Crippen LogP contribution >= 0.6 is 0 Å². The Balaban J connectivity index is 1.56. The summed E-state index contributed by atoms with van der Waals surface area (Å²) in [6.07, 6.45) is -0.632. The first kappa shape index (κ1) is 18.6. The number of hydrogen-bond donors (Lipinski definition) is 0. The van der Waals surface area contributed by atoms with Crippen molar-refractivity contribution in [2.24, 2.45) is 0 Å². The number of para-hydroxylation sites is 1. The summed E-state index contributed by atoms with van der Waals surface area (Å²) in [6.45, 7) is 4.53. The Morgan fingerprint density at radius 3 is 2.37 bits per heavy atom. The number of anilines is 1. The molecule has 1 fully saturated rings. The molecule has 0 bridgehead atoms. The highest BCUT2D eigenvalue weighted by Gasteiger charge is 2.26. The Hall–Kier alpha value is -3.20. The van der Waals surface area contributed by atoms with Gasteiger partial charge in [0.25, 0.3) is 5.91 Å². The van der Waals surface area contributed by atoms with E-state index >= 15 is 0 Å². The summed E-state index contributed by atoms with van der Waals surface area (Å²) in [5.41, 5.74) is 1.55. The fourth-order valence-electron chi connectivity index (χ4n) is 3.14. The maximum absolute atomic E-state index is 12.7. The van der Waals surface area contributed by atoms with Gasteiger partial charge in [0.2, 0.25) is 0 Å². The van der Waals surface area contributed by atoms with Crippen LogP contribution in [0.1, 0.15) is 12.5 Å². The third kappa shape index (κ3) is 4.32. The van der Waals surface area contributed by atoms with Crippen molar-refractivity contribution in [2.75, 3.05) is 38.2 Å². The Labute approximate surface area is 159 Å². The molecule has 1 amide bonds. The van der Waals surface area contributed by atoms with Gasteiger partial charge in [-0.2, -0.15) is 5.26 Å². The van der Waals surface area contributed by atoms with Crippen LogP contribution in [0.3, 0.4) is 0 Å².